The smallest absolute Gasteiger partial charge is 0.142 e. The van der Waals surface area contributed by atoms with E-state index in [-0.39, 0.29) is 0 Å². The van der Waals surface area contributed by atoms with Crippen molar-refractivity contribution in [1.82, 2.24) is 9.80 Å². The molecule has 0 spiro atoms. The van der Waals surface area contributed by atoms with Crippen molar-refractivity contribution in [3.8, 4) is 0 Å². The maximum absolute atomic E-state index is 10.3. The molecule has 2 rings (SSSR count). The summed E-state index contributed by atoms with van der Waals surface area (Å²) >= 11 is 0. The lowest BCUT2D eigenvalue weighted by atomic mass is 10.0. The first-order chi connectivity index (χ1) is 6.71. The van der Waals surface area contributed by atoms with E-state index in [1.165, 1.54) is 0 Å². The lowest BCUT2D eigenvalue weighted by Gasteiger charge is -2.42. The van der Waals surface area contributed by atoms with Crippen LogP contribution in [0, 0.1) is 6.08 Å². The Hall–Kier alpha value is -0.640. The second-order valence-corrected chi connectivity index (χ2v) is 4.08. The zero-order chi connectivity index (χ0) is 10.0. The molecule has 1 fully saturated rings. The van der Waals surface area contributed by atoms with Gasteiger partial charge in [-0.25, -0.2) is 0 Å². The van der Waals surface area contributed by atoms with Crippen LogP contribution in [-0.4, -0.2) is 53.9 Å². The van der Waals surface area contributed by atoms with Gasteiger partial charge in [-0.05, 0) is 19.2 Å². The van der Waals surface area contributed by atoms with Gasteiger partial charge in [0.15, 0.2) is 0 Å². The average Bonchev–Trinajstić information content (AvgIpc) is 2.19. The van der Waals surface area contributed by atoms with Crippen molar-refractivity contribution in [2.75, 3.05) is 33.2 Å². The van der Waals surface area contributed by atoms with Crippen molar-refractivity contribution in [1.29, 1.82) is 0 Å². The second-order valence-electron chi connectivity index (χ2n) is 4.08. The number of hydrogen-bond acceptors (Lipinski definition) is 3. The van der Waals surface area contributed by atoms with Crippen LogP contribution in [0.5, 0.6) is 0 Å². The molecule has 2 aliphatic rings. The Labute approximate surface area is 85.3 Å². The SMILES string of the molecule is CN1CCN(C2(O)C=CC=[C]C2)CC1. The molecule has 1 N–H and O–H groups in total. The topological polar surface area (TPSA) is 26.7 Å². The summed E-state index contributed by atoms with van der Waals surface area (Å²) in [6.07, 6.45) is 9.27. The third-order valence-corrected chi connectivity index (χ3v) is 2.99. The van der Waals surface area contributed by atoms with Crippen molar-refractivity contribution in [2.45, 2.75) is 12.1 Å². The fraction of sp³-hybridized carbons (Fsp3) is 0.636. The fourth-order valence-corrected chi connectivity index (χ4v) is 1.95. The van der Waals surface area contributed by atoms with Gasteiger partial charge in [-0.2, -0.15) is 0 Å². The van der Waals surface area contributed by atoms with E-state index in [0.717, 1.165) is 26.2 Å². The molecular formula is C11H17N2O. The fourth-order valence-electron chi connectivity index (χ4n) is 1.95. The lowest BCUT2D eigenvalue weighted by molar-refractivity contribution is -0.0845. The minimum Gasteiger partial charge on any atom is -0.372 e. The van der Waals surface area contributed by atoms with Crippen LogP contribution in [0.2, 0.25) is 0 Å². The van der Waals surface area contributed by atoms with Crippen molar-refractivity contribution >= 4 is 0 Å². The highest BCUT2D eigenvalue weighted by Crippen LogP contribution is 2.22. The molecule has 0 amide bonds. The summed E-state index contributed by atoms with van der Waals surface area (Å²) in [5.41, 5.74) is -0.782. The molecule has 0 bridgehead atoms. The maximum Gasteiger partial charge on any atom is 0.142 e. The minimum absolute atomic E-state index is 0.590. The van der Waals surface area contributed by atoms with Crippen LogP contribution in [0.4, 0.5) is 0 Å². The Morgan fingerprint density at radius 2 is 2.00 bits per heavy atom. The van der Waals surface area contributed by atoms with Crippen LogP contribution in [0.25, 0.3) is 0 Å². The van der Waals surface area contributed by atoms with Gasteiger partial charge in [0.1, 0.15) is 5.72 Å². The first-order valence-corrected chi connectivity index (χ1v) is 5.11. The molecule has 1 aliphatic heterocycles. The van der Waals surface area contributed by atoms with Gasteiger partial charge in [0, 0.05) is 32.6 Å². The molecule has 0 aromatic heterocycles. The normalized spacial score (nSPS) is 35.0. The zero-order valence-corrected chi connectivity index (χ0v) is 8.61. The molecule has 1 aliphatic carbocycles. The van der Waals surface area contributed by atoms with E-state index in [1.54, 1.807) is 0 Å². The van der Waals surface area contributed by atoms with Gasteiger partial charge in [0.2, 0.25) is 0 Å². The molecule has 0 saturated carbocycles. The molecule has 0 aromatic rings. The average molecular weight is 193 g/mol. The summed E-state index contributed by atoms with van der Waals surface area (Å²) in [6, 6.07) is 0. The zero-order valence-electron chi connectivity index (χ0n) is 8.61. The monoisotopic (exact) mass is 193 g/mol. The molecular weight excluding hydrogens is 176 g/mol. The van der Waals surface area contributed by atoms with Gasteiger partial charge < -0.3 is 10.0 Å². The first-order valence-electron chi connectivity index (χ1n) is 5.11. The molecule has 3 heteroatoms. The van der Waals surface area contributed by atoms with Crippen LogP contribution in [-0.2, 0) is 0 Å². The summed E-state index contributed by atoms with van der Waals surface area (Å²) in [6.45, 7) is 3.91. The predicted octanol–water partition coefficient (Wildman–Crippen LogP) is 0.242. The quantitative estimate of drug-likeness (QED) is 0.646. The molecule has 0 aromatic carbocycles. The van der Waals surface area contributed by atoms with Crippen molar-refractivity contribution in [3.63, 3.8) is 0 Å². The van der Waals surface area contributed by atoms with E-state index in [1.807, 2.05) is 18.2 Å². The summed E-state index contributed by atoms with van der Waals surface area (Å²) in [5.74, 6) is 0. The van der Waals surface area contributed by atoms with E-state index in [9.17, 15) is 5.11 Å². The maximum atomic E-state index is 10.3. The summed E-state index contributed by atoms with van der Waals surface area (Å²) in [5, 5.41) is 10.3. The van der Waals surface area contributed by atoms with E-state index in [4.69, 9.17) is 0 Å². The number of allylic oxidation sites excluding steroid dienone is 2. The number of rotatable bonds is 1. The molecule has 3 nitrogen and oxygen atoms in total. The van der Waals surface area contributed by atoms with Gasteiger partial charge in [0.05, 0.1) is 0 Å². The third-order valence-electron chi connectivity index (χ3n) is 2.99. The standard InChI is InChI=1S/C11H17N2O/c1-12-7-9-13(10-8-12)11(14)5-3-2-4-6-11/h2-3,5,14H,6-10H2,1H3. The van der Waals surface area contributed by atoms with Gasteiger partial charge >= 0.3 is 0 Å². The Balaban J connectivity index is 2.00. The largest absolute Gasteiger partial charge is 0.372 e. The molecule has 1 atom stereocenters. The molecule has 77 valence electrons. The Morgan fingerprint density at radius 1 is 1.29 bits per heavy atom. The van der Waals surface area contributed by atoms with E-state index >= 15 is 0 Å². The highest BCUT2D eigenvalue weighted by atomic mass is 16.3. The lowest BCUT2D eigenvalue weighted by Crippen LogP contribution is -2.55. The number of hydrogen-bond donors (Lipinski definition) is 1. The van der Waals surface area contributed by atoms with Gasteiger partial charge in [-0.3, -0.25) is 4.90 Å². The summed E-state index contributed by atoms with van der Waals surface area (Å²) in [4.78, 5) is 4.41. The van der Waals surface area contributed by atoms with Crippen LogP contribution < -0.4 is 0 Å². The van der Waals surface area contributed by atoms with E-state index in [0.29, 0.717) is 6.42 Å². The second kappa shape index (κ2) is 3.85. The van der Waals surface area contributed by atoms with Gasteiger partial charge in [-0.15, -0.1) is 0 Å². The van der Waals surface area contributed by atoms with Crippen molar-refractivity contribution in [3.05, 3.63) is 24.3 Å². The molecule has 1 unspecified atom stereocenters. The molecule has 1 saturated heterocycles. The molecule has 1 radical (unpaired) electrons. The minimum atomic E-state index is -0.782. The molecule has 14 heavy (non-hydrogen) atoms. The van der Waals surface area contributed by atoms with Crippen LogP contribution in [0.15, 0.2) is 18.2 Å². The summed E-state index contributed by atoms with van der Waals surface area (Å²) < 4.78 is 0. The predicted molar refractivity (Wildman–Crippen MR) is 55.6 cm³/mol. The van der Waals surface area contributed by atoms with Gasteiger partial charge in [0.25, 0.3) is 0 Å². The Kier molecular flexibility index (Phi) is 2.72. The van der Waals surface area contributed by atoms with E-state index in [2.05, 4.69) is 22.9 Å². The highest BCUT2D eigenvalue weighted by Gasteiger charge is 2.33. The number of piperazine rings is 1. The van der Waals surface area contributed by atoms with Crippen molar-refractivity contribution < 1.29 is 5.11 Å². The number of aliphatic hydroxyl groups is 1. The van der Waals surface area contributed by atoms with Gasteiger partial charge in [-0.1, -0.05) is 12.2 Å². The Morgan fingerprint density at radius 3 is 2.57 bits per heavy atom. The number of likely N-dealkylation sites (N-methyl/N-ethyl adjacent to an activating group) is 1. The third kappa shape index (κ3) is 1.90. The highest BCUT2D eigenvalue weighted by molar-refractivity contribution is 5.14. The van der Waals surface area contributed by atoms with Crippen LogP contribution >= 0.6 is 0 Å². The first kappa shape index (κ1) is 9.90. The van der Waals surface area contributed by atoms with Crippen LogP contribution in [0.1, 0.15) is 6.42 Å². The molecule has 1 heterocycles. The number of nitrogens with zero attached hydrogens (tertiary/aromatic N) is 2. The van der Waals surface area contributed by atoms with Crippen LogP contribution in [0.3, 0.4) is 0 Å². The Bertz CT molecular complexity index is 254. The summed E-state index contributed by atoms with van der Waals surface area (Å²) in [7, 11) is 2.12. The van der Waals surface area contributed by atoms with Crippen molar-refractivity contribution in [2.24, 2.45) is 0 Å². The van der Waals surface area contributed by atoms with E-state index < -0.39 is 5.72 Å².